The third-order valence-corrected chi connectivity index (χ3v) is 9.36. The fourth-order valence-electron chi connectivity index (χ4n) is 1.32. The summed E-state index contributed by atoms with van der Waals surface area (Å²) in [6.07, 6.45) is 2.93. The Labute approximate surface area is 138 Å². The standard InChI is InChI=1S/C16H34O2SSi2/c1-16(2,3)21(8,9)18-15(10-12-17-14-19-4)11-13-20(5,6)7/h15H,10,12,14H2,1-9H3. The zero-order valence-electron chi connectivity index (χ0n) is 15.4. The second kappa shape index (κ2) is 8.78. The van der Waals surface area contributed by atoms with E-state index in [9.17, 15) is 0 Å². The molecule has 1 unspecified atom stereocenters. The molecular weight excluding hydrogens is 312 g/mol. The van der Waals surface area contributed by atoms with Gasteiger partial charge in [-0.2, -0.15) is 0 Å². The highest BCUT2D eigenvalue weighted by atomic mass is 32.2. The lowest BCUT2D eigenvalue weighted by Crippen LogP contribution is -2.44. The molecule has 0 aliphatic heterocycles. The van der Waals surface area contributed by atoms with E-state index >= 15 is 0 Å². The lowest BCUT2D eigenvalue weighted by Gasteiger charge is -2.38. The molecule has 124 valence electrons. The van der Waals surface area contributed by atoms with Gasteiger partial charge in [-0.15, -0.1) is 17.3 Å². The largest absolute Gasteiger partial charge is 0.403 e. The Bertz CT molecular complexity index is 359. The predicted octanol–water partition coefficient (Wildman–Crippen LogP) is 4.98. The summed E-state index contributed by atoms with van der Waals surface area (Å²) in [6.45, 7) is 18.9. The lowest BCUT2D eigenvalue weighted by atomic mass is 10.2. The van der Waals surface area contributed by atoms with E-state index in [1.54, 1.807) is 11.8 Å². The summed E-state index contributed by atoms with van der Waals surface area (Å²) < 4.78 is 12.1. The van der Waals surface area contributed by atoms with Gasteiger partial charge in [-0.05, 0) is 24.4 Å². The predicted molar refractivity (Wildman–Crippen MR) is 102 cm³/mol. The minimum Gasteiger partial charge on any atom is -0.403 e. The van der Waals surface area contributed by atoms with Gasteiger partial charge < -0.3 is 9.16 Å². The molecule has 0 N–H and O–H groups in total. The molecule has 0 saturated heterocycles. The van der Waals surface area contributed by atoms with Gasteiger partial charge in [-0.3, -0.25) is 0 Å². The van der Waals surface area contributed by atoms with E-state index in [1.165, 1.54) is 0 Å². The van der Waals surface area contributed by atoms with Crippen molar-refractivity contribution in [3.8, 4) is 11.5 Å². The second-order valence-electron chi connectivity index (χ2n) is 7.99. The topological polar surface area (TPSA) is 18.5 Å². The maximum atomic E-state index is 6.48. The van der Waals surface area contributed by atoms with Crippen molar-refractivity contribution in [3.05, 3.63) is 0 Å². The molecule has 0 aliphatic rings. The smallest absolute Gasteiger partial charge is 0.193 e. The third kappa shape index (κ3) is 9.80. The molecule has 0 fully saturated rings. The van der Waals surface area contributed by atoms with Gasteiger partial charge in [0.05, 0.1) is 12.5 Å². The summed E-state index contributed by atoms with van der Waals surface area (Å²) in [4.78, 5) is 0. The molecule has 0 aromatic heterocycles. The molecule has 0 rings (SSSR count). The van der Waals surface area contributed by atoms with Gasteiger partial charge in [0.15, 0.2) is 8.32 Å². The molecular formula is C16H34O2SSi2. The normalized spacial score (nSPS) is 14.5. The number of hydrogen-bond donors (Lipinski definition) is 0. The summed E-state index contributed by atoms with van der Waals surface area (Å²) in [6, 6.07) is 0. The van der Waals surface area contributed by atoms with Crippen molar-refractivity contribution in [1.29, 1.82) is 0 Å². The highest BCUT2D eigenvalue weighted by molar-refractivity contribution is 7.98. The van der Waals surface area contributed by atoms with Crippen LogP contribution in [0.15, 0.2) is 0 Å². The van der Waals surface area contributed by atoms with E-state index in [0.717, 1.165) is 19.0 Å². The lowest BCUT2D eigenvalue weighted by molar-refractivity contribution is 0.135. The monoisotopic (exact) mass is 346 g/mol. The first-order valence-electron chi connectivity index (χ1n) is 7.66. The van der Waals surface area contributed by atoms with Crippen LogP contribution in [0.3, 0.4) is 0 Å². The van der Waals surface area contributed by atoms with Gasteiger partial charge in [0.1, 0.15) is 14.2 Å². The summed E-state index contributed by atoms with van der Waals surface area (Å²) in [5.41, 5.74) is 3.46. The average Bonchev–Trinajstić information content (AvgIpc) is 2.28. The molecule has 0 radical (unpaired) electrons. The minimum absolute atomic E-state index is 0.0134. The Balaban J connectivity index is 4.83. The number of rotatable bonds is 7. The van der Waals surface area contributed by atoms with Crippen molar-refractivity contribution < 1.29 is 9.16 Å². The summed E-state index contributed by atoms with van der Waals surface area (Å²) >= 11 is 1.70. The Kier molecular flexibility index (Phi) is 8.89. The van der Waals surface area contributed by atoms with Gasteiger partial charge >= 0.3 is 0 Å². The third-order valence-electron chi connectivity index (χ3n) is 3.58. The maximum absolute atomic E-state index is 6.48. The Morgan fingerprint density at radius 1 is 1.10 bits per heavy atom. The van der Waals surface area contributed by atoms with E-state index in [0.29, 0.717) is 0 Å². The van der Waals surface area contributed by atoms with Gasteiger partial charge in [0, 0.05) is 6.42 Å². The number of ether oxygens (including phenoxy) is 1. The molecule has 0 heterocycles. The van der Waals surface area contributed by atoms with E-state index in [4.69, 9.17) is 9.16 Å². The molecule has 0 aliphatic carbocycles. The first kappa shape index (κ1) is 21.3. The zero-order chi connectivity index (χ0) is 16.7. The van der Waals surface area contributed by atoms with Crippen LogP contribution in [0.1, 0.15) is 27.2 Å². The molecule has 2 nitrogen and oxygen atoms in total. The fraction of sp³-hybridized carbons (Fsp3) is 0.875. The van der Waals surface area contributed by atoms with Crippen LogP contribution in [0.5, 0.6) is 0 Å². The maximum Gasteiger partial charge on any atom is 0.193 e. The van der Waals surface area contributed by atoms with Crippen molar-refractivity contribution in [1.82, 2.24) is 0 Å². The van der Waals surface area contributed by atoms with Gasteiger partial charge in [0.2, 0.25) is 0 Å². The molecule has 0 saturated carbocycles. The quantitative estimate of drug-likeness (QED) is 0.280. The highest BCUT2D eigenvalue weighted by Gasteiger charge is 2.38. The van der Waals surface area contributed by atoms with Crippen LogP contribution in [0.4, 0.5) is 0 Å². The highest BCUT2D eigenvalue weighted by Crippen LogP contribution is 2.37. The van der Waals surface area contributed by atoms with Crippen molar-refractivity contribution in [2.24, 2.45) is 0 Å². The van der Waals surface area contributed by atoms with E-state index in [1.807, 2.05) is 0 Å². The molecule has 0 spiro atoms. The first-order chi connectivity index (χ1) is 9.39. The Morgan fingerprint density at radius 2 is 1.67 bits per heavy atom. The van der Waals surface area contributed by atoms with E-state index in [2.05, 4.69) is 71.2 Å². The van der Waals surface area contributed by atoms with Crippen molar-refractivity contribution in [2.45, 2.75) is 71.1 Å². The number of thioether (sulfide) groups is 1. The van der Waals surface area contributed by atoms with Crippen molar-refractivity contribution in [3.63, 3.8) is 0 Å². The van der Waals surface area contributed by atoms with Crippen LogP contribution in [0, 0.1) is 11.5 Å². The minimum atomic E-state index is -1.78. The average molecular weight is 347 g/mol. The molecule has 1 atom stereocenters. The Morgan fingerprint density at radius 3 is 2.10 bits per heavy atom. The number of hydrogen-bond acceptors (Lipinski definition) is 3. The molecule has 5 heteroatoms. The van der Waals surface area contributed by atoms with Crippen LogP contribution in [-0.4, -0.2) is 41.3 Å². The first-order valence-corrected chi connectivity index (χ1v) is 15.5. The van der Waals surface area contributed by atoms with Gasteiger partial charge in [-0.25, -0.2) is 0 Å². The molecule has 0 amide bonds. The summed E-state index contributed by atoms with van der Waals surface area (Å²) in [7, 11) is -3.15. The summed E-state index contributed by atoms with van der Waals surface area (Å²) in [5, 5.41) is 0.215. The van der Waals surface area contributed by atoms with Crippen LogP contribution >= 0.6 is 11.8 Å². The molecule has 0 bridgehead atoms. The van der Waals surface area contributed by atoms with Crippen LogP contribution in [0.2, 0.25) is 37.8 Å². The van der Waals surface area contributed by atoms with Crippen molar-refractivity contribution in [2.75, 3.05) is 18.8 Å². The molecule has 21 heavy (non-hydrogen) atoms. The van der Waals surface area contributed by atoms with E-state index < -0.39 is 16.4 Å². The second-order valence-corrected chi connectivity index (χ2v) is 18.3. The summed E-state index contributed by atoms with van der Waals surface area (Å²) in [5.74, 6) is 4.15. The van der Waals surface area contributed by atoms with Crippen LogP contribution in [-0.2, 0) is 9.16 Å². The van der Waals surface area contributed by atoms with Crippen LogP contribution < -0.4 is 0 Å². The molecule has 0 aromatic rings. The SMILES string of the molecule is CSCOCCC(C#C[Si](C)(C)C)O[Si](C)(C)C(C)(C)C. The van der Waals surface area contributed by atoms with Gasteiger partial charge in [0.25, 0.3) is 0 Å². The van der Waals surface area contributed by atoms with Crippen LogP contribution in [0.25, 0.3) is 0 Å². The van der Waals surface area contributed by atoms with Crippen molar-refractivity contribution >= 4 is 28.2 Å². The Hall–Kier alpha value is 0.264. The fourth-order valence-corrected chi connectivity index (χ4v) is 3.44. The molecule has 0 aromatic carbocycles. The van der Waals surface area contributed by atoms with Gasteiger partial charge in [-0.1, -0.05) is 46.3 Å². The zero-order valence-corrected chi connectivity index (χ0v) is 18.2. The van der Waals surface area contributed by atoms with E-state index in [-0.39, 0.29) is 11.1 Å².